The number of alkyl halides is 2. The van der Waals surface area contributed by atoms with E-state index in [1.54, 1.807) is 0 Å². The Kier molecular flexibility index (Phi) is 5.42. The summed E-state index contributed by atoms with van der Waals surface area (Å²) < 4.78 is 35.3. The molecule has 3 rings (SSSR count). The Labute approximate surface area is 134 Å². The minimum absolute atomic E-state index is 0.124. The van der Waals surface area contributed by atoms with Gasteiger partial charge in [-0.25, -0.2) is 8.78 Å². The van der Waals surface area contributed by atoms with Crippen LogP contribution in [0.4, 0.5) is 8.78 Å². The highest BCUT2D eigenvalue weighted by molar-refractivity contribution is 5.04. The van der Waals surface area contributed by atoms with Crippen LogP contribution < -0.4 is 0 Å². The second-order valence-electron chi connectivity index (χ2n) is 7.90. The summed E-state index contributed by atoms with van der Waals surface area (Å²) in [5.41, 5.74) is 0. The van der Waals surface area contributed by atoms with Gasteiger partial charge in [-0.3, -0.25) is 0 Å². The van der Waals surface area contributed by atoms with Gasteiger partial charge in [-0.2, -0.15) is 0 Å². The fourth-order valence-corrected chi connectivity index (χ4v) is 5.72. The van der Waals surface area contributed by atoms with E-state index in [2.05, 4.69) is 6.92 Å². The number of ether oxygens (including phenoxy) is 1. The Balaban J connectivity index is 1.56. The Morgan fingerprint density at radius 2 is 1.64 bits per heavy atom. The standard InChI is InChI=1S/C19H32F2O/c1-3-5-13-10-14-11-16(19(21)17(14)18(13)20)12-6-8-15(9-7-12)22-4-2/h12-19H,3-11H2,1-2H3. The van der Waals surface area contributed by atoms with Crippen molar-refractivity contribution in [2.45, 2.75) is 83.7 Å². The van der Waals surface area contributed by atoms with Crippen LogP contribution in [0.1, 0.15) is 65.2 Å². The van der Waals surface area contributed by atoms with Gasteiger partial charge in [0, 0.05) is 12.5 Å². The zero-order valence-electron chi connectivity index (χ0n) is 14.1. The van der Waals surface area contributed by atoms with E-state index in [1.165, 1.54) is 0 Å². The van der Waals surface area contributed by atoms with Crippen molar-refractivity contribution in [3.8, 4) is 0 Å². The number of hydrogen-bond donors (Lipinski definition) is 0. The fourth-order valence-electron chi connectivity index (χ4n) is 5.72. The maximum atomic E-state index is 15.0. The van der Waals surface area contributed by atoms with Gasteiger partial charge in [-0.05, 0) is 75.5 Å². The molecule has 128 valence electrons. The van der Waals surface area contributed by atoms with Gasteiger partial charge in [0.05, 0.1) is 6.10 Å². The normalized spacial score (nSPS) is 48.5. The largest absolute Gasteiger partial charge is 0.379 e. The lowest BCUT2D eigenvalue weighted by Gasteiger charge is -2.34. The predicted octanol–water partition coefficient (Wildman–Crippen LogP) is 5.33. The zero-order chi connectivity index (χ0) is 15.7. The molecule has 0 spiro atoms. The van der Waals surface area contributed by atoms with E-state index < -0.39 is 12.3 Å². The molecule has 0 aromatic heterocycles. The highest BCUT2D eigenvalue weighted by Crippen LogP contribution is 2.56. The molecule has 6 atom stereocenters. The van der Waals surface area contributed by atoms with E-state index >= 15 is 0 Å². The molecule has 0 bridgehead atoms. The second kappa shape index (κ2) is 7.15. The van der Waals surface area contributed by atoms with Gasteiger partial charge in [0.25, 0.3) is 0 Å². The van der Waals surface area contributed by atoms with Gasteiger partial charge < -0.3 is 4.74 Å². The summed E-state index contributed by atoms with van der Waals surface area (Å²) in [6, 6.07) is 0. The van der Waals surface area contributed by atoms with Gasteiger partial charge in [0.1, 0.15) is 12.3 Å². The molecular weight excluding hydrogens is 282 g/mol. The van der Waals surface area contributed by atoms with Crippen molar-refractivity contribution >= 4 is 0 Å². The lowest BCUT2D eigenvalue weighted by atomic mass is 9.76. The smallest absolute Gasteiger partial charge is 0.109 e. The van der Waals surface area contributed by atoms with Gasteiger partial charge in [-0.1, -0.05) is 13.3 Å². The van der Waals surface area contributed by atoms with Crippen LogP contribution in [-0.2, 0) is 4.74 Å². The molecule has 3 fully saturated rings. The molecule has 22 heavy (non-hydrogen) atoms. The molecular formula is C19H32F2O. The molecule has 1 nitrogen and oxygen atoms in total. The lowest BCUT2D eigenvalue weighted by molar-refractivity contribution is 0.00788. The first kappa shape index (κ1) is 16.7. The highest BCUT2D eigenvalue weighted by atomic mass is 19.1. The monoisotopic (exact) mass is 314 g/mol. The van der Waals surface area contributed by atoms with Gasteiger partial charge in [0.2, 0.25) is 0 Å². The topological polar surface area (TPSA) is 9.23 Å². The summed E-state index contributed by atoms with van der Waals surface area (Å²) in [5, 5.41) is 0. The van der Waals surface area contributed by atoms with Crippen LogP contribution in [0.5, 0.6) is 0 Å². The molecule has 3 aliphatic carbocycles. The molecule has 0 aromatic carbocycles. The van der Waals surface area contributed by atoms with E-state index in [1.807, 2.05) is 6.92 Å². The average molecular weight is 314 g/mol. The minimum Gasteiger partial charge on any atom is -0.379 e. The third-order valence-corrected chi connectivity index (χ3v) is 6.71. The van der Waals surface area contributed by atoms with Crippen molar-refractivity contribution in [1.82, 2.24) is 0 Å². The molecule has 3 aliphatic rings. The molecule has 0 heterocycles. The molecule has 3 saturated carbocycles. The van der Waals surface area contributed by atoms with Crippen LogP contribution in [0, 0.1) is 29.6 Å². The maximum Gasteiger partial charge on any atom is 0.109 e. The molecule has 3 heteroatoms. The first-order chi connectivity index (χ1) is 10.7. The Hall–Kier alpha value is -0.180. The van der Waals surface area contributed by atoms with Crippen LogP contribution in [0.15, 0.2) is 0 Å². The van der Waals surface area contributed by atoms with Crippen LogP contribution in [0.25, 0.3) is 0 Å². The first-order valence-electron chi connectivity index (χ1n) is 9.55. The number of halogens is 2. The van der Waals surface area contributed by atoms with Gasteiger partial charge in [-0.15, -0.1) is 0 Å². The van der Waals surface area contributed by atoms with Crippen molar-refractivity contribution in [2.75, 3.05) is 6.61 Å². The highest BCUT2D eigenvalue weighted by Gasteiger charge is 2.56. The van der Waals surface area contributed by atoms with Crippen LogP contribution >= 0.6 is 0 Å². The molecule has 0 saturated heterocycles. The summed E-state index contributed by atoms with van der Waals surface area (Å²) in [6.07, 6.45) is 6.71. The minimum atomic E-state index is -0.893. The summed E-state index contributed by atoms with van der Waals surface area (Å²) >= 11 is 0. The van der Waals surface area contributed by atoms with Crippen molar-refractivity contribution in [3.63, 3.8) is 0 Å². The quantitative estimate of drug-likeness (QED) is 0.666. The SMILES string of the molecule is CCCC1CC2CC(C3CCC(OCC)CC3)C(F)C2C1F. The molecule has 0 amide bonds. The van der Waals surface area contributed by atoms with Crippen molar-refractivity contribution in [1.29, 1.82) is 0 Å². The summed E-state index contributed by atoms with van der Waals surface area (Å²) in [7, 11) is 0. The van der Waals surface area contributed by atoms with Crippen LogP contribution in [-0.4, -0.2) is 25.1 Å². The van der Waals surface area contributed by atoms with Crippen molar-refractivity contribution in [3.05, 3.63) is 0 Å². The Bertz CT molecular complexity index is 353. The number of fused-ring (bicyclic) bond motifs is 1. The molecule has 0 aromatic rings. The maximum absolute atomic E-state index is 15.0. The third kappa shape index (κ3) is 3.07. The molecule has 0 aliphatic heterocycles. The van der Waals surface area contributed by atoms with E-state index in [9.17, 15) is 8.78 Å². The van der Waals surface area contributed by atoms with E-state index in [-0.39, 0.29) is 17.8 Å². The van der Waals surface area contributed by atoms with Gasteiger partial charge in [0.15, 0.2) is 0 Å². The van der Waals surface area contributed by atoms with E-state index in [0.717, 1.165) is 58.0 Å². The summed E-state index contributed by atoms with van der Waals surface area (Å²) in [5.74, 6) is 0.753. The summed E-state index contributed by atoms with van der Waals surface area (Å²) in [4.78, 5) is 0. The lowest BCUT2D eigenvalue weighted by Crippen LogP contribution is -2.32. The van der Waals surface area contributed by atoms with Crippen molar-refractivity contribution in [2.24, 2.45) is 29.6 Å². The Morgan fingerprint density at radius 1 is 0.909 bits per heavy atom. The third-order valence-electron chi connectivity index (χ3n) is 6.71. The molecule has 0 N–H and O–H groups in total. The second-order valence-corrected chi connectivity index (χ2v) is 7.90. The Morgan fingerprint density at radius 3 is 2.23 bits per heavy atom. The number of rotatable bonds is 5. The van der Waals surface area contributed by atoms with Crippen LogP contribution in [0.3, 0.4) is 0 Å². The van der Waals surface area contributed by atoms with Crippen LogP contribution in [0.2, 0.25) is 0 Å². The summed E-state index contributed by atoms with van der Waals surface area (Å²) in [6.45, 7) is 4.92. The zero-order valence-corrected chi connectivity index (χ0v) is 14.1. The first-order valence-corrected chi connectivity index (χ1v) is 9.55. The average Bonchev–Trinajstić information content (AvgIpc) is 2.99. The van der Waals surface area contributed by atoms with E-state index in [4.69, 9.17) is 4.74 Å². The fraction of sp³-hybridized carbons (Fsp3) is 1.00. The number of hydrogen-bond acceptors (Lipinski definition) is 1. The molecule has 0 radical (unpaired) electrons. The van der Waals surface area contributed by atoms with Gasteiger partial charge >= 0.3 is 0 Å². The van der Waals surface area contributed by atoms with Crippen molar-refractivity contribution < 1.29 is 13.5 Å². The van der Waals surface area contributed by atoms with E-state index in [0.29, 0.717) is 17.9 Å². The predicted molar refractivity (Wildman–Crippen MR) is 85.3 cm³/mol. The molecule has 6 unspecified atom stereocenters.